The van der Waals surface area contributed by atoms with Crippen molar-refractivity contribution < 1.29 is 4.79 Å². The van der Waals surface area contributed by atoms with Gasteiger partial charge in [-0.25, -0.2) is 0 Å². The molecule has 19 heavy (non-hydrogen) atoms. The second kappa shape index (κ2) is 5.89. The molecule has 2 aromatic rings. The van der Waals surface area contributed by atoms with Crippen LogP contribution in [0.2, 0.25) is 0 Å². The summed E-state index contributed by atoms with van der Waals surface area (Å²) < 4.78 is 1.05. The van der Waals surface area contributed by atoms with Crippen molar-refractivity contribution in [3.8, 4) is 0 Å². The summed E-state index contributed by atoms with van der Waals surface area (Å²) in [5.41, 5.74) is 9.12. The van der Waals surface area contributed by atoms with Crippen LogP contribution in [0.4, 0.5) is 5.69 Å². The van der Waals surface area contributed by atoms with Gasteiger partial charge in [0.25, 0.3) is 0 Å². The Balaban J connectivity index is 2.06. The van der Waals surface area contributed by atoms with Gasteiger partial charge in [0.05, 0.1) is 0 Å². The Morgan fingerprint density at radius 2 is 1.89 bits per heavy atom. The molecule has 0 aliphatic rings. The highest BCUT2D eigenvalue weighted by molar-refractivity contribution is 9.10. The first kappa shape index (κ1) is 13.6. The summed E-state index contributed by atoms with van der Waals surface area (Å²) in [6, 6.07) is 13.4. The summed E-state index contributed by atoms with van der Waals surface area (Å²) in [6.07, 6.45) is 0. The summed E-state index contributed by atoms with van der Waals surface area (Å²) >= 11 is 3.46. The molecule has 0 aliphatic carbocycles. The van der Waals surface area contributed by atoms with Crippen LogP contribution in [-0.2, 0) is 6.54 Å². The van der Waals surface area contributed by atoms with Gasteiger partial charge in [0.2, 0.25) is 5.91 Å². The molecule has 0 saturated carbocycles. The molecule has 2 rings (SSSR count). The first-order valence-electron chi connectivity index (χ1n) is 5.95. The smallest absolute Gasteiger partial charge is 0.248 e. The van der Waals surface area contributed by atoms with Gasteiger partial charge >= 0.3 is 0 Å². The number of anilines is 1. The molecular formula is C15H15BrN2O. The van der Waals surface area contributed by atoms with Crippen molar-refractivity contribution in [1.29, 1.82) is 0 Å². The molecule has 2 aromatic carbocycles. The fourth-order valence-electron chi connectivity index (χ4n) is 1.77. The molecular weight excluding hydrogens is 304 g/mol. The maximum atomic E-state index is 11.0. The van der Waals surface area contributed by atoms with Gasteiger partial charge in [0, 0.05) is 22.3 Å². The van der Waals surface area contributed by atoms with E-state index in [0.717, 1.165) is 15.7 Å². The molecule has 4 heteroatoms. The zero-order chi connectivity index (χ0) is 13.8. The van der Waals surface area contributed by atoms with E-state index < -0.39 is 5.91 Å². The standard InChI is InChI=1S/C15H15BrN2O/c1-10-2-7-13(16)8-14(10)18-9-11-3-5-12(6-4-11)15(17)19/h2-8,18H,9H2,1H3,(H2,17,19). The summed E-state index contributed by atoms with van der Waals surface area (Å²) in [5, 5.41) is 3.37. The Morgan fingerprint density at radius 1 is 1.21 bits per heavy atom. The number of primary amides is 1. The third-order valence-electron chi connectivity index (χ3n) is 2.92. The lowest BCUT2D eigenvalue weighted by atomic mass is 10.1. The number of carbonyl (C=O) groups excluding carboxylic acids is 1. The predicted octanol–water partition coefficient (Wildman–Crippen LogP) is 3.47. The number of carbonyl (C=O) groups is 1. The zero-order valence-corrected chi connectivity index (χ0v) is 12.2. The molecule has 0 aliphatic heterocycles. The SMILES string of the molecule is Cc1ccc(Br)cc1NCc1ccc(C(N)=O)cc1. The number of nitrogens with two attached hydrogens (primary N) is 1. The van der Waals surface area contributed by atoms with Crippen LogP contribution in [0.1, 0.15) is 21.5 Å². The van der Waals surface area contributed by atoms with E-state index in [1.807, 2.05) is 24.3 Å². The van der Waals surface area contributed by atoms with Crippen LogP contribution in [0.3, 0.4) is 0 Å². The number of halogens is 1. The Morgan fingerprint density at radius 3 is 2.53 bits per heavy atom. The van der Waals surface area contributed by atoms with Crippen LogP contribution < -0.4 is 11.1 Å². The maximum Gasteiger partial charge on any atom is 0.248 e. The minimum absolute atomic E-state index is 0.401. The number of nitrogens with one attached hydrogen (secondary N) is 1. The Labute approximate surface area is 121 Å². The van der Waals surface area contributed by atoms with Gasteiger partial charge in [-0.2, -0.15) is 0 Å². The quantitative estimate of drug-likeness (QED) is 0.906. The van der Waals surface area contributed by atoms with Crippen LogP contribution in [0.5, 0.6) is 0 Å². The molecule has 0 radical (unpaired) electrons. The number of amides is 1. The minimum atomic E-state index is -0.401. The summed E-state index contributed by atoms with van der Waals surface area (Å²) in [6.45, 7) is 2.77. The average molecular weight is 319 g/mol. The van der Waals surface area contributed by atoms with E-state index in [-0.39, 0.29) is 0 Å². The van der Waals surface area contributed by atoms with E-state index in [4.69, 9.17) is 5.73 Å². The van der Waals surface area contributed by atoms with Gasteiger partial charge in [0.15, 0.2) is 0 Å². The van der Waals surface area contributed by atoms with Gasteiger partial charge in [-0.1, -0.05) is 34.1 Å². The van der Waals surface area contributed by atoms with Crippen LogP contribution in [0.25, 0.3) is 0 Å². The van der Waals surface area contributed by atoms with Crippen molar-refractivity contribution in [3.63, 3.8) is 0 Å². The molecule has 1 amide bonds. The number of aryl methyl sites for hydroxylation is 1. The molecule has 0 bridgehead atoms. The summed E-state index contributed by atoms with van der Waals surface area (Å²) in [5.74, 6) is -0.401. The number of benzene rings is 2. The van der Waals surface area contributed by atoms with Gasteiger partial charge in [0.1, 0.15) is 0 Å². The molecule has 3 nitrogen and oxygen atoms in total. The first-order chi connectivity index (χ1) is 9.06. The lowest BCUT2D eigenvalue weighted by Gasteiger charge is -2.10. The third kappa shape index (κ3) is 3.58. The fourth-order valence-corrected chi connectivity index (χ4v) is 2.13. The van der Waals surface area contributed by atoms with Crippen LogP contribution in [-0.4, -0.2) is 5.91 Å². The monoisotopic (exact) mass is 318 g/mol. The van der Waals surface area contributed by atoms with E-state index in [0.29, 0.717) is 12.1 Å². The molecule has 0 heterocycles. The van der Waals surface area contributed by atoms with Crippen molar-refractivity contribution in [1.82, 2.24) is 0 Å². The van der Waals surface area contributed by atoms with Crippen LogP contribution in [0, 0.1) is 6.92 Å². The van der Waals surface area contributed by atoms with E-state index in [1.54, 1.807) is 12.1 Å². The molecule has 3 N–H and O–H groups in total. The molecule has 0 spiro atoms. The van der Waals surface area contributed by atoms with Crippen molar-refractivity contribution in [2.75, 3.05) is 5.32 Å². The Bertz CT molecular complexity index is 594. The first-order valence-corrected chi connectivity index (χ1v) is 6.74. The highest BCUT2D eigenvalue weighted by atomic mass is 79.9. The lowest BCUT2D eigenvalue weighted by Crippen LogP contribution is -2.10. The topological polar surface area (TPSA) is 55.1 Å². The number of hydrogen-bond acceptors (Lipinski definition) is 2. The van der Waals surface area contributed by atoms with Crippen molar-refractivity contribution in [2.45, 2.75) is 13.5 Å². The highest BCUT2D eigenvalue weighted by Crippen LogP contribution is 2.21. The Kier molecular flexibility index (Phi) is 4.22. The predicted molar refractivity (Wildman–Crippen MR) is 81.2 cm³/mol. The van der Waals surface area contributed by atoms with Crippen LogP contribution in [0.15, 0.2) is 46.9 Å². The Hall–Kier alpha value is -1.81. The number of hydrogen-bond donors (Lipinski definition) is 2. The lowest BCUT2D eigenvalue weighted by molar-refractivity contribution is 0.100. The molecule has 0 saturated heterocycles. The molecule has 0 aromatic heterocycles. The second-order valence-corrected chi connectivity index (χ2v) is 5.29. The largest absolute Gasteiger partial charge is 0.381 e. The summed E-state index contributed by atoms with van der Waals surface area (Å²) in [4.78, 5) is 11.0. The van der Waals surface area contributed by atoms with Crippen molar-refractivity contribution in [3.05, 3.63) is 63.6 Å². The van der Waals surface area contributed by atoms with Gasteiger partial charge in [-0.05, 0) is 42.3 Å². The van der Waals surface area contributed by atoms with E-state index >= 15 is 0 Å². The maximum absolute atomic E-state index is 11.0. The van der Waals surface area contributed by atoms with Gasteiger partial charge in [-0.3, -0.25) is 4.79 Å². The molecule has 0 fully saturated rings. The molecule has 0 atom stereocenters. The highest BCUT2D eigenvalue weighted by Gasteiger charge is 2.01. The van der Waals surface area contributed by atoms with E-state index in [9.17, 15) is 4.79 Å². The average Bonchev–Trinajstić information content (AvgIpc) is 2.40. The molecule has 98 valence electrons. The summed E-state index contributed by atoms with van der Waals surface area (Å²) in [7, 11) is 0. The second-order valence-electron chi connectivity index (χ2n) is 4.37. The fraction of sp³-hybridized carbons (Fsp3) is 0.133. The number of rotatable bonds is 4. The molecule has 0 unspecified atom stereocenters. The zero-order valence-electron chi connectivity index (χ0n) is 10.6. The van der Waals surface area contributed by atoms with E-state index in [2.05, 4.69) is 34.2 Å². The van der Waals surface area contributed by atoms with Gasteiger partial charge in [-0.15, -0.1) is 0 Å². The third-order valence-corrected chi connectivity index (χ3v) is 3.41. The van der Waals surface area contributed by atoms with Crippen molar-refractivity contribution in [2.24, 2.45) is 5.73 Å². The van der Waals surface area contributed by atoms with Crippen molar-refractivity contribution >= 4 is 27.5 Å². The van der Waals surface area contributed by atoms with Crippen LogP contribution >= 0.6 is 15.9 Å². The minimum Gasteiger partial charge on any atom is -0.381 e. The van der Waals surface area contributed by atoms with Gasteiger partial charge < -0.3 is 11.1 Å². The van der Waals surface area contributed by atoms with E-state index in [1.165, 1.54) is 5.56 Å². The normalized spacial score (nSPS) is 10.2.